The van der Waals surface area contributed by atoms with E-state index in [0.717, 1.165) is 5.56 Å². The number of rotatable bonds is 3. The quantitative estimate of drug-likeness (QED) is 0.582. The maximum absolute atomic E-state index is 11.3. The molecule has 0 spiro atoms. The molecule has 1 aliphatic heterocycles. The Labute approximate surface area is 87.1 Å². The van der Waals surface area contributed by atoms with Crippen molar-refractivity contribution in [2.75, 3.05) is 7.05 Å². The molecule has 4 nitrogen and oxygen atoms in total. The number of likely N-dealkylation sites (N-methyl/N-ethyl adjacent to an activating group) is 1. The number of carboxylic acid groups (broad SMARTS) is 1. The zero-order chi connectivity index (χ0) is 11.0. The van der Waals surface area contributed by atoms with Crippen LogP contribution in [0.5, 0.6) is 0 Å². The summed E-state index contributed by atoms with van der Waals surface area (Å²) in [4.78, 5) is 23.5. The van der Waals surface area contributed by atoms with E-state index in [4.69, 9.17) is 5.11 Å². The summed E-state index contributed by atoms with van der Waals surface area (Å²) in [6.45, 7) is 0. The van der Waals surface area contributed by atoms with Gasteiger partial charge in [0, 0.05) is 0 Å². The van der Waals surface area contributed by atoms with Crippen LogP contribution < -0.4 is 0 Å². The summed E-state index contributed by atoms with van der Waals surface area (Å²) < 4.78 is 0. The Morgan fingerprint density at radius 2 is 1.87 bits per heavy atom. The summed E-state index contributed by atoms with van der Waals surface area (Å²) in [7, 11) is 1.75. The highest BCUT2D eigenvalue weighted by molar-refractivity contribution is 6.35. The van der Waals surface area contributed by atoms with Gasteiger partial charge >= 0.3 is 5.97 Å². The van der Waals surface area contributed by atoms with Crippen molar-refractivity contribution in [3.63, 3.8) is 0 Å². The fraction of sp³-hybridized carbons (Fsp3) is 0.273. The fourth-order valence-corrected chi connectivity index (χ4v) is 1.86. The van der Waals surface area contributed by atoms with Crippen molar-refractivity contribution in [1.29, 1.82) is 0 Å². The summed E-state index contributed by atoms with van der Waals surface area (Å²) in [5.74, 6) is -2.09. The minimum absolute atomic E-state index is 0.0743. The zero-order valence-electron chi connectivity index (χ0n) is 8.25. The van der Waals surface area contributed by atoms with Crippen molar-refractivity contribution in [3.05, 3.63) is 35.9 Å². The minimum Gasteiger partial charge on any atom is -0.475 e. The van der Waals surface area contributed by atoms with Gasteiger partial charge in [-0.3, -0.25) is 9.69 Å². The van der Waals surface area contributed by atoms with Crippen LogP contribution in [0.15, 0.2) is 30.3 Å². The number of ketones is 1. The fourth-order valence-electron chi connectivity index (χ4n) is 1.86. The first-order valence-corrected chi connectivity index (χ1v) is 4.67. The predicted octanol–water partition coefficient (Wildman–Crippen LogP) is 0.695. The van der Waals surface area contributed by atoms with Crippen molar-refractivity contribution in [2.45, 2.75) is 12.1 Å². The highest BCUT2D eigenvalue weighted by atomic mass is 16.4. The molecule has 78 valence electrons. The topological polar surface area (TPSA) is 57.4 Å². The smallest absolute Gasteiger partial charge is 0.373 e. The maximum Gasteiger partial charge on any atom is 0.373 e. The molecule has 1 saturated heterocycles. The Balaban J connectivity index is 2.16. The van der Waals surface area contributed by atoms with Crippen LogP contribution in [-0.2, 0) is 9.59 Å². The summed E-state index contributed by atoms with van der Waals surface area (Å²) in [6.07, 6.45) is 0. The molecule has 1 N–H and O–H groups in total. The summed E-state index contributed by atoms with van der Waals surface area (Å²) in [6, 6.07) is 8.87. The van der Waals surface area contributed by atoms with Crippen LogP contribution in [0.4, 0.5) is 0 Å². The molecule has 1 aromatic rings. The highest BCUT2D eigenvalue weighted by Gasteiger charge is 2.52. The standard InChI is InChI=1S/C11H11NO3/c1-12-8(7-5-3-2-4-6-7)9(12)10(13)11(14)15/h2-6,8-9H,1H3,(H,14,15)/t8-,9-,12?/m1/s1. The van der Waals surface area contributed by atoms with Gasteiger partial charge in [-0.25, -0.2) is 4.79 Å². The number of carbonyl (C=O) groups excluding carboxylic acids is 1. The van der Waals surface area contributed by atoms with Gasteiger partial charge in [-0.15, -0.1) is 0 Å². The molecule has 0 aliphatic carbocycles. The molecule has 2 rings (SSSR count). The molecule has 15 heavy (non-hydrogen) atoms. The molecule has 1 aliphatic rings. The van der Waals surface area contributed by atoms with Gasteiger partial charge in [0.25, 0.3) is 5.78 Å². The van der Waals surface area contributed by atoms with E-state index in [-0.39, 0.29) is 6.04 Å². The average Bonchev–Trinajstić information content (AvgIpc) is 2.90. The highest BCUT2D eigenvalue weighted by Crippen LogP contribution is 2.41. The van der Waals surface area contributed by atoms with Crippen molar-refractivity contribution < 1.29 is 14.7 Å². The Morgan fingerprint density at radius 3 is 2.40 bits per heavy atom. The second-order valence-electron chi connectivity index (χ2n) is 3.64. The monoisotopic (exact) mass is 205 g/mol. The Morgan fingerprint density at radius 1 is 1.27 bits per heavy atom. The molecular weight excluding hydrogens is 194 g/mol. The lowest BCUT2D eigenvalue weighted by atomic mass is 10.1. The SMILES string of the molecule is CN1[C@H](c2ccccc2)[C@@H]1C(=O)C(=O)O. The van der Waals surface area contributed by atoms with Crippen molar-refractivity contribution in [1.82, 2.24) is 4.90 Å². The van der Waals surface area contributed by atoms with Gasteiger partial charge < -0.3 is 5.11 Å². The van der Waals surface area contributed by atoms with Crippen LogP contribution >= 0.6 is 0 Å². The summed E-state index contributed by atoms with van der Waals surface area (Å²) in [5.41, 5.74) is 0.986. The number of aliphatic carboxylic acids is 1. The van der Waals surface area contributed by atoms with Crippen LogP contribution in [-0.4, -0.2) is 34.8 Å². The Hall–Kier alpha value is -1.68. The number of nitrogens with zero attached hydrogens (tertiary/aromatic N) is 1. The van der Waals surface area contributed by atoms with Crippen molar-refractivity contribution >= 4 is 11.8 Å². The number of hydrogen-bond acceptors (Lipinski definition) is 3. The third-order valence-corrected chi connectivity index (χ3v) is 2.71. The van der Waals surface area contributed by atoms with Gasteiger partial charge in [-0.2, -0.15) is 0 Å². The number of carboxylic acids is 1. The molecule has 0 amide bonds. The second-order valence-corrected chi connectivity index (χ2v) is 3.64. The lowest BCUT2D eigenvalue weighted by Crippen LogP contribution is -2.21. The van der Waals surface area contributed by atoms with E-state index in [0.29, 0.717) is 0 Å². The minimum atomic E-state index is -1.36. The molecule has 1 heterocycles. The average molecular weight is 205 g/mol. The number of carbonyl (C=O) groups is 2. The number of Topliss-reactive ketones (excluding diaryl/α,β-unsaturated/α-hetero) is 1. The Bertz CT molecular complexity index is 402. The van der Waals surface area contributed by atoms with E-state index in [9.17, 15) is 9.59 Å². The molecule has 3 atom stereocenters. The van der Waals surface area contributed by atoms with Crippen LogP contribution in [0.3, 0.4) is 0 Å². The van der Waals surface area contributed by atoms with E-state index < -0.39 is 17.8 Å². The summed E-state index contributed by atoms with van der Waals surface area (Å²) in [5, 5.41) is 8.60. The van der Waals surface area contributed by atoms with E-state index in [1.165, 1.54) is 0 Å². The van der Waals surface area contributed by atoms with E-state index >= 15 is 0 Å². The van der Waals surface area contributed by atoms with Crippen LogP contribution in [0.25, 0.3) is 0 Å². The van der Waals surface area contributed by atoms with E-state index in [1.807, 2.05) is 30.3 Å². The first-order valence-electron chi connectivity index (χ1n) is 4.67. The molecule has 0 saturated carbocycles. The van der Waals surface area contributed by atoms with Gasteiger partial charge in [0.2, 0.25) is 0 Å². The van der Waals surface area contributed by atoms with Crippen LogP contribution in [0, 0.1) is 0 Å². The molecular formula is C11H11NO3. The predicted molar refractivity (Wildman–Crippen MR) is 53.4 cm³/mol. The second kappa shape index (κ2) is 3.47. The third-order valence-electron chi connectivity index (χ3n) is 2.71. The van der Waals surface area contributed by atoms with Crippen molar-refractivity contribution in [3.8, 4) is 0 Å². The van der Waals surface area contributed by atoms with Crippen LogP contribution in [0.1, 0.15) is 11.6 Å². The Kier molecular flexibility index (Phi) is 2.28. The normalized spacial score (nSPS) is 28.5. The molecule has 4 heteroatoms. The zero-order valence-corrected chi connectivity index (χ0v) is 8.25. The first kappa shape index (κ1) is 9.86. The van der Waals surface area contributed by atoms with Crippen molar-refractivity contribution in [2.24, 2.45) is 0 Å². The number of benzene rings is 1. The van der Waals surface area contributed by atoms with E-state index in [1.54, 1.807) is 11.9 Å². The summed E-state index contributed by atoms with van der Waals surface area (Å²) >= 11 is 0. The van der Waals surface area contributed by atoms with E-state index in [2.05, 4.69) is 0 Å². The largest absolute Gasteiger partial charge is 0.475 e. The molecule has 1 unspecified atom stereocenters. The van der Waals surface area contributed by atoms with Gasteiger partial charge in [0.05, 0.1) is 6.04 Å². The lowest BCUT2D eigenvalue weighted by Gasteiger charge is -1.95. The molecule has 1 fully saturated rings. The van der Waals surface area contributed by atoms with Gasteiger partial charge in [-0.1, -0.05) is 30.3 Å². The number of hydrogen-bond donors (Lipinski definition) is 1. The molecule has 0 radical (unpaired) electrons. The molecule has 0 bridgehead atoms. The molecule has 1 aromatic carbocycles. The van der Waals surface area contributed by atoms with Gasteiger partial charge in [0.15, 0.2) is 0 Å². The lowest BCUT2D eigenvalue weighted by molar-refractivity contribution is -0.149. The third kappa shape index (κ3) is 1.64. The van der Waals surface area contributed by atoms with Crippen LogP contribution in [0.2, 0.25) is 0 Å². The van der Waals surface area contributed by atoms with Gasteiger partial charge in [-0.05, 0) is 12.6 Å². The first-order chi connectivity index (χ1) is 7.13. The molecule has 0 aromatic heterocycles. The maximum atomic E-state index is 11.3. The van der Waals surface area contributed by atoms with Gasteiger partial charge in [0.1, 0.15) is 6.04 Å².